The fourth-order valence-electron chi connectivity index (χ4n) is 5.18. The number of nitrogens with one attached hydrogen (secondary N) is 2. The molecule has 4 rings (SSSR count). The van der Waals surface area contributed by atoms with Crippen molar-refractivity contribution in [2.24, 2.45) is 17.8 Å². The summed E-state index contributed by atoms with van der Waals surface area (Å²) in [4.78, 5) is 43.8. The number of fused-ring (bicyclic) bond motifs is 1. The fraction of sp³-hybridized carbons (Fsp3) is 0.690. The summed E-state index contributed by atoms with van der Waals surface area (Å²) in [5.41, 5.74) is 0.483. The number of hydrogen-bond acceptors (Lipinski definition) is 6. The van der Waals surface area contributed by atoms with Gasteiger partial charge in [0.25, 0.3) is 5.91 Å². The molecule has 0 spiro atoms. The van der Waals surface area contributed by atoms with E-state index >= 15 is 0 Å². The molecular formula is C29H44N4O5. The Morgan fingerprint density at radius 3 is 2.58 bits per heavy atom. The van der Waals surface area contributed by atoms with Crippen LogP contribution in [0.4, 0.5) is 11.4 Å². The van der Waals surface area contributed by atoms with Gasteiger partial charge < -0.3 is 29.9 Å². The number of hydrogen-bond donors (Lipinski definition) is 2. The molecule has 1 saturated carbocycles. The summed E-state index contributed by atoms with van der Waals surface area (Å²) in [5.74, 6) is 0.375. The standard InChI is InChI=1S/C29H44N4O5/c1-18(2)19(3)31-26(34)20-14-21(17-30-16-20)27(35)33(22-8-9-22)23-10-11-25-24(15-23)32(12-7-13-37-6)28(36)29(4,5)38-25/h10-11,15,18-22,30H,7-9,12-14,16-17H2,1-6H3,(H,31,34)/t19-,20+,21-/m1/s1. The summed E-state index contributed by atoms with van der Waals surface area (Å²) in [6.45, 7) is 11.9. The van der Waals surface area contributed by atoms with Crippen LogP contribution in [0.3, 0.4) is 0 Å². The third-order valence-electron chi connectivity index (χ3n) is 7.96. The highest BCUT2D eigenvalue weighted by atomic mass is 16.5. The van der Waals surface area contributed by atoms with Crippen LogP contribution in [0.2, 0.25) is 0 Å². The van der Waals surface area contributed by atoms with Gasteiger partial charge in [-0.15, -0.1) is 0 Å². The largest absolute Gasteiger partial charge is 0.476 e. The molecule has 2 fully saturated rings. The molecule has 9 nitrogen and oxygen atoms in total. The first-order chi connectivity index (χ1) is 18.0. The van der Waals surface area contributed by atoms with E-state index in [2.05, 4.69) is 24.5 Å². The van der Waals surface area contributed by atoms with Gasteiger partial charge in [-0.05, 0) is 70.6 Å². The van der Waals surface area contributed by atoms with Crippen molar-refractivity contribution in [3.8, 4) is 5.75 Å². The third kappa shape index (κ3) is 6.15. The van der Waals surface area contributed by atoms with E-state index in [4.69, 9.17) is 9.47 Å². The third-order valence-corrected chi connectivity index (χ3v) is 7.96. The molecule has 2 N–H and O–H groups in total. The Bertz CT molecular complexity index is 1040. The zero-order valence-electron chi connectivity index (χ0n) is 23.7. The van der Waals surface area contributed by atoms with Gasteiger partial charge in [0.1, 0.15) is 5.75 Å². The number of rotatable bonds is 10. The van der Waals surface area contributed by atoms with Crippen molar-refractivity contribution in [3.63, 3.8) is 0 Å². The van der Waals surface area contributed by atoms with Crippen LogP contribution < -0.4 is 25.2 Å². The number of ether oxygens (including phenoxy) is 2. The van der Waals surface area contributed by atoms with Gasteiger partial charge in [0.15, 0.2) is 5.60 Å². The number of anilines is 2. The molecule has 2 heterocycles. The minimum atomic E-state index is -0.968. The monoisotopic (exact) mass is 528 g/mol. The fourth-order valence-corrected chi connectivity index (χ4v) is 5.18. The zero-order valence-corrected chi connectivity index (χ0v) is 23.7. The molecule has 2 aliphatic heterocycles. The van der Waals surface area contributed by atoms with Crippen molar-refractivity contribution in [1.82, 2.24) is 10.6 Å². The number of carbonyl (C=O) groups excluding carboxylic acids is 3. The summed E-state index contributed by atoms with van der Waals surface area (Å²) < 4.78 is 11.3. The van der Waals surface area contributed by atoms with Crippen LogP contribution in [0.25, 0.3) is 0 Å². The highest BCUT2D eigenvalue weighted by molar-refractivity contribution is 6.04. The van der Waals surface area contributed by atoms with Gasteiger partial charge in [0.2, 0.25) is 11.8 Å². The smallest absolute Gasteiger partial charge is 0.270 e. The van der Waals surface area contributed by atoms with Gasteiger partial charge in [0.05, 0.1) is 17.5 Å². The predicted molar refractivity (Wildman–Crippen MR) is 147 cm³/mol. The average Bonchev–Trinajstić information content (AvgIpc) is 3.71. The van der Waals surface area contributed by atoms with Crippen molar-refractivity contribution in [2.75, 3.05) is 43.2 Å². The van der Waals surface area contributed by atoms with Crippen LogP contribution in [0.5, 0.6) is 5.75 Å². The Balaban J connectivity index is 1.55. The minimum absolute atomic E-state index is 0.00734. The first-order valence-corrected chi connectivity index (χ1v) is 14.0. The number of benzene rings is 1. The Morgan fingerprint density at radius 1 is 1.21 bits per heavy atom. The molecule has 0 bridgehead atoms. The maximum absolute atomic E-state index is 13.9. The molecule has 1 aromatic rings. The van der Waals surface area contributed by atoms with E-state index in [0.29, 0.717) is 56.4 Å². The molecule has 3 amide bonds. The SMILES string of the molecule is COCCCN1C(=O)C(C)(C)Oc2ccc(N(C(=O)[C@H]3CNC[C@@H](C(=O)N[C@H](C)C(C)C)C3)C3CC3)cc21. The number of carbonyl (C=O) groups is 3. The summed E-state index contributed by atoms with van der Waals surface area (Å²) >= 11 is 0. The molecule has 3 aliphatic rings. The van der Waals surface area contributed by atoms with Gasteiger partial charge >= 0.3 is 0 Å². The molecule has 1 saturated heterocycles. The first-order valence-electron chi connectivity index (χ1n) is 14.0. The van der Waals surface area contributed by atoms with Crippen LogP contribution in [0, 0.1) is 17.8 Å². The minimum Gasteiger partial charge on any atom is -0.476 e. The van der Waals surface area contributed by atoms with Gasteiger partial charge in [-0.2, -0.15) is 0 Å². The normalized spacial score (nSPS) is 23.4. The van der Waals surface area contributed by atoms with Crippen LogP contribution in [-0.2, 0) is 19.1 Å². The van der Waals surface area contributed by atoms with Gasteiger partial charge in [-0.3, -0.25) is 14.4 Å². The maximum atomic E-state index is 13.9. The number of nitrogens with zero attached hydrogens (tertiary/aromatic N) is 2. The van der Waals surface area contributed by atoms with Crippen molar-refractivity contribution in [1.29, 1.82) is 0 Å². The Labute approximate surface area is 226 Å². The van der Waals surface area contributed by atoms with Crippen LogP contribution in [-0.4, -0.2) is 68.8 Å². The van der Waals surface area contributed by atoms with E-state index in [1.54, 1.807) is 25.9 Å². The molecule has 1 aromatic carbocycles. The van der Waals surface area contributed by atoms with Gasteiger partial charge in [-0.1, -0.05) is 13.8 Å². The van der Waals surface area contributed by atoms with E-state index in [9.17, 15) is 14.4 Å². The second-order valence-electron chi connectivity index (χ2n) is 11.8. The van der Waals surface area contributed by atoms with Crippen molar-refractivity contribution in [2.45, 2.75) is 78.0 Å². The molecular weight excluding hydrogens is 484 g/mol. The van der Waals surface area contributed by atoms with Gasteiger partial charge in [-0.25, -0.2) is 0 Å². The summed E-state index contributed by atoms with van der Waals surface area (Å²) in [6, 6.07) is 5.91. The first kappa shape index (κ1) is 28.4. The molecule has 3 atom stereocenters. The lowest BCUT2D eigenvalue weighted by atomic mass is 9.88. The highest BCUT2D eigenvalue weighted by Crippen LogP contribution is 2.43. The lowest BCUT2D eigenvalue weighted by molar-refractivity contribution is -0.132. The number of methoxy groups -OCH3 is 1. The van der Waals surface area contributed by atoms with E-state index in [1.807, 2.05) is 30.0 Å². The van der Waals surface area contributed by atoms with E-state index < -0.39 is 5.60 Å². The lowest BCUT2D eigenvalue weighted by Crippen LogP contribution is -2.53. The zero-order chi connectivity index (χ0) is 27.6. The van der Waals surface area contributed by atoms with Crippen molar-refractivity contribution >= 4 is 29.1 Å². The lowest BCUT2D eigenvalue weighted by Gasteiger charge is -2.40. The molecule has 0 radical (unpaired) electrons. The van der Waals surface area contributed by atoms with Crippen LogP contribution >= 0.6 is 0 Å². The van der Waals surface area contributed by atoms with E-state index in [-0.39, 0.29) is 41.6 Å². The Morgan fingerprint density at radius 2 is 1.92 bits per heavy atom. The summed E-state index contributed by atoms with van der Waals surface area (Å²) in [5, 5.41) is 6.43. The topological polar surface area (TPSA) is 100 Å². The molecule has 210 valence electrons. The quantitative estimate of drug-likeness (QED) is 0.453. The van der Waals surface area contributed by atoms with Gasteiger partial charge in [0, 0.05) is 51.1 Å². The van der Waals surface area contributed by atoms with Crippen LogP contribution in [0.15, 0.2) is 18.2 Å². The number of amides is 3. The highest BCUT2D eigenvalue weighted by Gasteiger charge is 2.43. The summed E-state index contributed by atoms with van der Waals surface area (Å²) in [6.07, 6.45) is 3.10. The van der Waals surface area contributed by atoms with E-state index in [0.717, 1.165) is 18.5 Å². The second-order valence-corrected chi connectivity index (χ2v) is 11.8. The summed E-state index contributed by atoms with van der Waals surface area (Å²) in [7, 11) is 1.65. The van der Waals surface area contributed by atoms with Crippen LogP contribution in [0.1, 0.15) is 60.3 Å². The number of piperidine rings is 1. The average molecular weight is 529 g/mol. The van der Waals surface area contributed by atoms with E-state index in [1.165, 1.54) is 0 Å². The van der Waals surface area contributed by atoms with Crippen molar-refractivity contribution < 1.29 is 23.9 Å². The molecule has 9 heteroatoms. The Kier molecular flexibility index (Phi) is 8.67. The Hall–Kier alpha value is -2.65. The second kappa shape index (κ2) is 11.6. The molecule has 0 unspecified atom stereocenters. The maximum Gasteiger partial charge on any atom is 0.270 e. The molecule has 1 aliphatic carbocycles. The predicted octanol–water partition coefficient (Wildman–Crippen LogP) is 3.11. The molecule has 38 heavy (non-hydrogen) atoms. The molecule has 0 aromatic heterocycles. The van der Waals surface area contributed by atoms with Crippen molar-refractivity contribution in [3.05, 3.63) is 18.2 Å².